The highest BCUT2D eigenvalue weighted by Gasteiger charge is 2.39. The molecule has 0 saturated carbocycles. The Bertz CT molecular complexity index is 1480. The SMILES string of the molecule is CC1(C)CCC(C(=O)N2CCN(Nc3ccc4c(c3)CN(C3CCC(=O)NC3=O)C4=O)CC2)=C(c2ccc(Cl)cc2)C1. The number of nitrogens with one attached hydrogen (secondary N) is 2. The van der Waals surface area contributed by atoms with Crippen molar-refractivity contribution < 1.29 is 19.2 Å². The predicted octanol–water partition coefficient (Wildman–Crippen LogP) is 4.24. The van der Waals surface area contributed by atoms with Crippen molar-refractivity contribution in [2.24, 2.45) is 5.41 Å². The Morgan fingerprint density at radius 1 is 1.00 bits per heavy atom. The van der Waals surface area contributed by atoms with Crippen LogP contribution in [0, 0.1) is 5.41 Å². The number of carbonyl (C=O) groups is 4. The molecular formula is C32H36ClN5O4. The summed E-state index contributed by atoms with van der Waals surface area (Å²) in [6.45, 7) is 7.41. The highest BCUT2D eigenvalue weighted by Crippen LogP contribution is 2.43. The number of hydrogen-bond donors (Lipinski definition) is 2. The van der Waals surface area contributed by atoms with E-state index in [1.54, 1.807) is 11.0 Å². The molecule has 6 rings (SSSR count). The molecule has 0 radical (unpaired) electrons. The van der Waals surface area contributed by atoms with Gasteiger partial charge in [-0.1, -0.05) is 37.6 Å². The molecule has 2 saturated heterocycles. The summed E-state index contributed by atoms with van der Waals surface area (Å²) in [6, 6.07) is 12.8. The number of benzene rings is 2. The van der Waals surface area contributed by atoms with Crippen LogP contribution in [-0.2, 0) is 20.9 Å². The number of allylic oxidation sites excluding steroid dienone is 1. The molecule has 0 aromatic heterocycles. The van der Waals surface area contributed by atoms with Gasteiger partial charge in [-0.15, -0.1) is 0 Å². The van der Waals surface area contributed by atoms with Crippen molar-refractivity contribution in [3.8, 4) is 0 Å². The highest BCUT2D eigenvalue weighted by molar-refractivity contribution is 6.30. The van der Waals surface area contributed by atoms with Crippen LogP contribution in [0.25, 0.3) is 5.57 Å². The normalized spacial score (nSPS) is 22.7. The van der Waals surface area contributed by atoms with Gasteiger partial charge in [-0.3, -0.25) is 24.5 Å². The number of nitrogens with zero attached hydrogens (tertiary/aromatic N) is 3. The Morgan fingerprint density at radius 2 is 1.74 bits per heavy atom. The molecule has 2 aromatic rings. The number of amides is 4. The van der Waals surface area contributed by atoms with Crippen LogP contribution in [0.5, 0.6) is 0 Å². The standard InChI is InChI=1S/C32H36ClN5O4/c1-32(2)12-11-25(26(18-32)20-3-5-22(33)6-4-20)30(41)36-13-15-37(16-14-36)35-23-7-8-24-21(17-23)19-38(31(24)42)27-9-10-28(39)34-29(27)40/h3-8,17,27,35H,9-16,18-19H2,1-2H3,(H,34,39,40). The summed E-state index contributed by atoms with van der Waals surface area (Å²) in [7, 11) is 0. The first kappa shape index (κ1) is 28.4. The highest BCUT2D eigenvalue weighted by atomic mass is 35.5. The number of carbonyl (C=O) groups excluding carboxylic acids is 4. The first-order chi connectivity index (χ1) is 20.1. The fraction of sp³-hybridized carbons (Fsp3) is 0.438. The van der Waals surface area contributed by atoms with E-state index in [1.807, 2.05) is 41.3 Å². The summed E-state index contributed by atoms with van der Waals surface area (Å²) < 4.78 is 0. The minimum atomic E-state index is -0.629. The Morgan fingerprint density at radius 3 is 2.45 bits per heavy atom. The second-order valence-electron chi connectivity index (χ2n) is 12.5. The Hall–Kier alpha value is -3.69. The van der Waals surface area contributed by atoms with Crippen molar-refractivity contribution in [3.63, 3.8) is 0 Å². The van der Waals surface area contributed by atoms with Gasteiger partial charge in [0.1, 0.15) is 6.04 Å². The maximum atomic E-state index is 13.8. The van der Waals surface area contributed by atoms with Gasteiger partial charge in [0.2, 0.25) is 17.7 Å². The molecular weight excluding hydrogens is 554 g/mol. The molecule has 1 unspecified atom stereocenters. The lowest BCUT2D eigenvalue weighted by atomic mass is 9.72. The number of fused-ring (bicyclic) bond motifs is 1. The molecule has 2 aromatic carbocycles. The molecule has 1 atom stereocenters. The van der Waals surface area contributed by atoms with Crippen molar-refractivity contribution in [1.82, 2.24) is 20.1 Å². The van der Waals surface area contributed by atoms with Gasteiger partial charge in [-0.05, 0) is 78.1 Å². The smallest absolute Gasteiger partial charge is 0.255 e. The number of piperidine rings is 1. The number of hydrazine groups is 1. The largest absolute Gasteiger partial charge is 0.336 e. The molecule has 220 valence electrons. The lowest BCUT2D eigenvalue weighted by Crippen LogP contribution is -2.52. The van der Waals surface area contributed by atoms with Crippen molar-refractivity contribution in [2.45, 2.75) is 58.5 Å². The third kappa shape index (κ3) is 5.68. The van der Waals surface area contributed by atoms with E-state index in [1.165, 1.54) is 0 Å². The molecule has 2 fully saturated rings. The van der Waals surface area contributed by atoms with Crippen LogP contribution in [0.15, 0.2) is 48.0 Å². The van der Waals surface area contributed by atoms with E-state index in [4.69, 9.17) is 11.6 Å². The first-order valence-electron chi connectivity index (χ1n) is 14.6. The third-order valence-electron chi connectivity index (χ3n) is 8.90. The number of anilines is 1. The zero-order valence-corrected chi connectivity index (χ0v) is 24.8. The van der Waals surface area contributed by atoms with Crippen molar-refractivity contribution in [2.75, 3.05) is 31.6 Å². The molecule has 42 heavy (non-hydrogen) atoms. The average molecular weight is 590 g/mol. The van der Waals surface area contributed by atoms with E-state index >= 15 is 0 Å². The summed E-state index contributed by atoms with van der Waals surface area (Å²) in [6.07, 6.45) is 3.18. The summed E-state index contributed by atoms with van der Waals surface area (Å²) in [5.74, 6) is -0.766. The molecule has 10 heteroatoms. The van der Waals surface area contributed by atoms with Crippen LogP contribution in [0.3, 0.4) is 0 Å². The maximum Gasteiger partial charge on any atom is 0.255 e. The summed E-state index contributed by atoms with van der Waals surface area (Å²) >= 11 is 6.14. The van der Waals surface area contributed by atoms with Gasteiger partial charge in [-0.2, -0.15) is 0 Å². The molecule has 3 aliphatic heterocycles. The lowest BCUT2D eigenvalue weighted by Gasteiger charge is -2.38. The average Bonchev–Trinajstić information content (AvgIpc) is 3.28. The van der Waals surface area contributed by atoms with Crippen LogP contribution in [0.1, 0.15) is 67.4 Å². The van der Waals surface area contributed by atoms with Crippen molar-refractivity contribution in [1.29, 1.82) is 0 Å². The third-order valence-corrected chi connectivity index (χ3v) is 9.15. The maximum absolute atomic E-state index is 13.8. The second-order valence-corrected chi connectivity index (χ2v) is 12.9. The first-order valence-corrected chi connectivity index (χ1v) is 15.0. The van der Waals surface area contributed by atoms with Crippen LogP contribution in [0.2, 0.25) is 5.02 Å². The fourth-order valence-electron chi connectivity index (χ4n) is 6.49. The van der Waals surface area contributed by atoms with Crippen LogP contribution < -0.4 is 10.7 Å². The van der Waals surface area contributed by atoms with E-state index in [2.05, 4.69) is 29.6 Å². The van der Waals surface area contributed by atoms with Crippen LogP contribution >= 0.6 is 11.6 Å². The number of piperazine rings is 1. The number of halogens is 1. The number of hydrogen-bond acceptors (Lipinski definition) is 6. The second kappa shape index (κ2) is 11.2. The number of rotatable bonds is 5. The van der Waals surface area contributed by atoms with Crippen molar-refractivity contribution >= 4 is 46.5 Å². The lowest BCUT2D eigenvalue weighted by molar-refractivity contribution is -0.137. The molecule has 2 N–H and O–H groups in total. The van der Waals surface area contributed by atoms with Gasteiger partial charge >= 0.3 is 0 Å². The predicted molar refractivity (Wildman–Crippen MR) is 160 cm³/mol. The Labute approximate surface area is 250 Å². The molecule has 9 nitrogen and oxygen atoms in total. The van der Waals surface area contributed by atoms with Crippen LogP contribution in [0.4, 0.5) is 5.69 Å². The van der Waals surface area contributed by atoms with Crippen molar-refractivity contribution in [3.05, 3.63) is 69.8 Å². The van der Waals surface area contributed by atoms with E-state index in [-0.39, 0.29) is 29.6 Å². The fourth-order valence-corrected chi connectivity index (χ4v) is 6.62. The van der Waals surface area contributed by atoms with Gasteiger partial charge in [-0.25, -0.2) is 5.01 Å². The molecule has 3 heterocycles. The molecule has 0 spiro atoms. The molecule has 4 amide bonds. The summed E-state index contributed by atoms with van der Waals surface area (Å²) in [4.78, 5) is 54.2. The van der Waals surface area contributed by atoms with Gasteiger partial charge < -0.3 is 15.2 Å². The van der Waals surface area contributed by atoms with Crippen LogP contribution in [-0.4, -0.2) is 70.7 Å². The van der Waals surface area contributed by atoms with Gasteiger partial charge in [0.25, 0.3) is 5.91 Å². The monoisotopic (exact) mass is 589 g/mol. The summed E-state index contributed by atoms with van der Waals surface area (Å²) in [5, 5.41) is 5.12. The van der Waals surface area contributed by atoms with E-state index < -0.39 is 11.9 Å². The van der Waals surface area contributed by atoms with E-state index in [0.717, 1.165) is 47.2 Å². The molecule has 1 aliphatic carbocycles. The van der Waals surface area contributed by atoms with E-state index in [0.29, 0.717) is 49.7 Å². The van der Waals surface area contributed by atoms with Gasteiger partial charge in [0, 0.05) is 61.0 Å². The van der Waals surface area contributed by atoms with Gasteiger partial charge in [0.05, 0.1) is 0 Å². The zero-order valence-electron chi connectivity index (χ0n) is 24.0. The quantitative estimate of drug-likeness (QED) is 0.506. The number of imide groups is 1. The van der Waals surface area contributed by atoms with E-state index in [9.17, 15) is 19.2 Å². The zero-order chi connectivity index (χ0) is 29.6. The minimum absolute atomic E-state index is 0.125. The topological polar surface area (TPSA) is 102 Å². The Balaban J connectivity index is 1.09. The molecule has 0 bridgehead atoms. The molecule has 4 aliphatic rings. The summed E-state index contributed by atoms with van der Waals surface area (Å²) in [5.41, 5.74) is 8.99. The minimum Gasteiger partial charge on any atom is -0.336 e. The Kier molecular flexibility index (Phi) is 7.57. The van der Waals surface area contributed by atoms with Gasteiger partial charge in [0.15, 0.2) is 0 Å².